The van der Waals surface area contributed by atoms with E-state index in [1.807, 2.05) is 29.2 Å². The van der Waals surface area contributed by atoms with Crippen LogP contribution in [0.1, 0.15) is 23.8 Å². The van der Waals surface area contributed by atoms with Gasteiger partial charge in [-0.15, -0.1) is 0 Å². The number of carbonyl (C=O) groups excluding carboxylic acids is 1. The summed E-state index contributed by atoms with van der Waals surface area (Å²) in [6.45, 7) is 1.43. The SMILES string of the molecule is O=C(Cc1cc(-c2ccc(Cl)cc2)on1)N1CCC(c2ccco2)C1. The van der Waals surface area contributed by atoms with Gasteiger partial charge in [-0.25, -0.2) is 0 Å². The highest BCUT2D eigenvalue weighted by molar-refractivity contribution is 6.30. The lowest BCUT2D eigenvalue weighted by Crippen LogP contribution is -2.29. The zero-order valence-electron chi connectivity index (χ0n) is 13.5. The van der Waals surface area contributed by atoms with Gasteiger partial charge in [-0.05, 0) is 42.8 Å². The van der Waals surface area contributed by atoms with E-state index in [0.29, 0.717) is 23.0 Å². The molecule has 1 fully saturated rings. The number of aromatic nitrogens is 1. The van der Waals surface area contributed by atoms with E-state index >= 15 is 0 Å². The highest BCUT2D eigenvalue weighted by atomic mass is 35.5. The van der Waals surface area contributed by atoms with Gasteiger partial charge < -0.3 is 13.8 Å². The first kappa shape index (κ1) is 16.0. The number of amides is 1. The highest BCUT2D eigenvalue weighted by Gasteiger charge is 2.29. The molecule has 3 aromatic rings. The van der Waals surface area contributed by atoms with Crippen molar-refractivity contribution in [1.29, 1.82) is 0 Å². The van der Waals surface area contributed by atoms with E-state index in [-0.39, 0.29) is 18.2 Å². The van der Waals surface area contributed by atoms with Crippen molar-refractivity contribution in [1.82, 2.24) is 10.1 Å². The quantitative estimate of drug-likeness (QED) is 0.704. The fraction of sp³-hybridized carbons (Fsp3) is 0.263. The van der Waals surface area contributed by atoms with Crippen molar-refractivity contribution in [3.05, 3.63) is 65.2 Å². The largest absolute Gasteiger partial charge is 0.469 e. The zero-order chi connectivity index (χ0) is 17.2. The summed E-state index contributed by atoms with van der Waals surface area (Å²) >= 11 is 5.89. The van der Waals surface area contributed by atoms with Crippen molar-refractivity contribution in [3.8, 4) is 11.3 Å². The van der Waals surface area contributed by atoms with Gasteiger partial charge in [-0.1, -0.05) is 16.8 Å². The predicted octanol–water partition coefficient (Wildman–Crippen LogP) is 4.15. The maximum absolute atomic E-state index is 12.5. The van der Waals surface area contributed by atoms with Crippen molar-refractivity contribution in [2.45, 2.75) is 18.8 Å². The van der Waals surface area contributed by atoms with E-state index in [0.717, 1.165) is 24.3 Å². The summed E-state index contributed by atoms with van der Waals surface area (Å²) in [6, 6.07) is 13.0. The Morgan fingerprint density at radius 2 is 2.12 bits per heavy atom. The molecule has 2 aromatic heterocycles. The summed E-state index contributed by atoms with van der Waals surface area (Å²) in [4.78, 5) is 14.4. The lowest BCUT2D eigenvalue weighted by molar-refractivity contribution is -0.129. The molecule has 0 radical (unpaired) electrons. The van der Waals surface area contributed by atoms with Gasteiger partial charge in [0.2, 0.25) is 5.91 Å². The van der Waals surface area contributed by atoms with Crippen LogP contribution in [-0.4, -0.2) is 29.1 Å². The molecule has 0 saturated carbocycles. The van der Waals surface area contributed by atoms with Gasteiger partial charge in [0.25, 0.3) is 0 Å². The van der Waals surface area contributed by atoms with Crippen LogP contribution >= 0.6 is 11.6 Å². The number of likely N-dealkylation sites (tertiary alicyclic amines) is 1. The Labute approximate surface area is 150 Å². The van der Waals surface area contributed by atoms with Crippen molar-refractivity contribution < 1.29 is 13.7 Å². The Morgan fingerprint density at radius 1 is 1.28 bits per heavy atom. The molecule has 1 aliphatic rings. The fourth-order valence-electron chi connectivity index (χ4n) is 3.15. The third kappa shape index (κ3) is 3.46. The van der Waals surface area contributed by atoms with Gasteiger partial charge in [0.15, 0.2) is 5.76 Å². The van der Waals surface area contributed by atoms with E-state index in [4.69, 9.17) is 20.5 Å². The first-order valence-corrected chi connectivity index (χ1v) is 8.59. The average molecular weight is 357 g/mol. The van der Waals surface area contributed by atoms with Crippen LogP contribution in [0.5, 0.6) is 0 Å². The summed E-state index contributed by atoms with van der Waals surface area (Å²) in [7, 11) is 0. The molecular formula is C19H17ClN2O3. The Hall–Kier alpha value is -2.53. The number of furan rings is 1. The monoisotopic (exact) mass is 356 g/mol. The van der Waals surface area contributed by atoms with Gasteiger partial charge in [-0.3, -0.25) is 4.79 Å². The second-order valence-electron chi connectivity index (χ2n) is 6.21. The highest BCUT2D eigenvalue weighted by Crippen LogP contribution is 2.28. The van der Waals surface area contributed by atoms with Gasteiger partial charge in [0.1, 0.15) is 5.76 Å². The van der Waals surface area contributed by atoms with Crippen LogP contribution in [0.25, 0.3) is 11.3 Å². The van der Waals surface area contributed by atoms with Crippen molar-refractivity contribution in [2.24, 2.45) is 0 Å². The summed E-state index contributed by atoms with van der Waals surface area (Å²) in [6.07, 6.45) is 2.84. The lowest BCUT2D eigenvalue weighted by atomic mass is 10.1. The Morgan fingerprint density at radius 3 is 2.88 bits per heavy atom. The zero-order valence-corrected chi connectivity index (χ0v) is 14.3. The molecule has 1 atom stereocenters. The topological polar surface area (TPSA) is 59.5 Å². The Balaban J connectivity index is 1.39. The summed E-state index contributed by atoms with van der Waals surface area (Å²) in [5.74, 6) is 1.92. The number of nitrogens with zero attached hydrogens (tertiary/aromatic N) is 2. The van der Waals surface area contributed by atoms with E-state index in [1.54, 1.807) is 24.5 Å². The molecule has 0 aliphatic carbocycles. The second-order valence-corrected chi connectivity index (χ2v) is 6.64. The molecule has 0 N–H and O–H groups in total. The summed E-state index contributed by atoms with van der Waals surface area (Å²) < 4.78 is 10.8. The van der Waals surface area contributed by atoms with Gasteiger partial charge in [0, 0.05) is 35.7 Å². The predicted molar refractivity (Wildman–Crippen MR) is 93.3 cm³/mol. The number of benzene rings is 1. The molecule has 5 nitrogen and oxygen atoms in total. The molecule has 1 saturated heterocycles. The van der Waals surface area contributed by atoms with Crippen LogP contribution in [0, 0.1) is 0 Å². The number of halogens is 1. The first-order chi connectivity index (χ1) is 12.2. The minimum absolute atomic E-state index is 0.0602. The number of hydrogen-bond acceptors (Lipinski definition) is 4. The van der Waals surface area contributed by atoms with Crippen molar-refractivity contribution in [3.63, 3.8) is 0 Å². The molecule has 4 rings (SSSR count). The van der Waals surface area contributed by atoms with Crippen LogP contribution in [-0.2, 0) is 11.2 Å². The normalized spacial score (nSPS) is 17.2. The van der Waals surface area contributed by atoms with E-state index in [2.05, 4.69) is 5.16 Å². The number of rotatable bonds is 4. The minimum atomic E-state index is 0.0602. The van der Waals surface area contributed by atoms with Crippen molar-refractivity contribution >= 4 is 17.5 Å². The van der Waals surface area contributed by atoms with Crippen molar-refractivity contribution in [2.75, 3.05) is 13.1 Å². The molecule has 1 aromatic carbocycles. The first-order valence-electron chi connectivity index (χ1n) is 8.22. The summed E-state index contributed by atoms with van der Waals surface area (Å²) in [5.41, 5.74) is 1.52. The average Bonchev–Trinajstić information content (AvgIpc) is 3.36. The van der Waals surface area contributed by atoms with Gasteiger partial charge in [-0.2, -0.15) is 0 Å². The van der Waals surface area contributed by atoms with Crippen LogP contribution < -0.4 is 0 Å². The van der Waals surface area contributed by atoms with Crippen LogP contribution in [0.15, 0.2) is 57.7 Å². The molecule has 1 amide bonds. The fourth-order valence-corrected chi connectivity index (χ4v) is 3.28. The van der Waals surface area contributed by atoms with E-state index < -0.39 is 0 Å². The molecule has 0 bridgehead atoms. The number of hydrogen-bond donors (Lipinski definition) is 0. The molecular weight excluding hydrogens is 340 g/mol. The number of carbonyl (C=O) groups is 1. The smallest absolute Gasteiger partial charge is 0.228 e. The maximum atomic E-state index is 12.5. The molecule has 0 spiro atoms. The van der Waals surface area contributed by atoms with Gasteiger partial charge in [0.05, 0.1) is 18.4 Å². The van der Waals surface area contributed by atoms with Crippen LogP contribution in [0.3, 0.4) is 0 Å². The van der Waals surface area contributed by atoms with E-state index in [1.165, 1.54) is 0 Å². The molecule has 1 unspecified atom stereocenters. The van der Waals surface area contributed by atoms with Crippen LogP contribution in [0.2, 0.25) is 5.02 Å². The molecule has 6 heteroatoms. The third-order valence-electron chi connectivity index (χ3n) is 4.51. The molecule has 25 heavy (non-hydrogen) atoms. The van der Waals surface area contributed by atoms with Crippen LogP contribution in [0.4, 0.5) is 0 Å². The Kier molecular flexibility index (Phi) is 4.32. The third-order valence-corrected chi connectivity index (χ3v) is 4.76. The lowest BCUT2D eigenvalue weighted by Gasteiger charge is -2.15. The molecule has 128 valence electrons. The maximum Gasteiger partial charge on any atom is 0.228 e. The Bertz CT molecular complexity index is 855. The second kappa shape index (κ2) is 6.76. The van der Waals surface area contributed by atoms with Gasteiger partial charge >= 0.3 is 0 Å². The summed E-state index contributed by atoms with van der Waals surface area (Å²) in [5, 5.41) is 4.69. The minimum Gasteiger partial charge on any atom is -0.469 e. The standard InChI is InChI=1S/C19H17ClN2O3/c20-15-5-3-13(4-6-15)18-10-16(21-25-18)11-19(23)22-8-7-14(12-22)17-2-1-9-24-17/h1-6,9-10,14H,7-8,11-12H2. The van der Waals surface area contributed by atoms with E-state index in [9.17, 15) is 4.79 Å². The molecule has 1 aliphatic heterocycles. The molecule has 3 heterocycles.